The van der Waals surface area contributed by atoms with Gasteiger partial charge in [-0.3, -0.25) is 4.57 Å². The van der Waals surface area contributed by atoms with Gasteiger partial charge in [0.05, 0.1) is 0 Å². The predicted octanol–water partition coefficient (Wildman–Crippen LogP) is 1.11. The number of fused-ring (bicyclic) bond motifs is 1. The van der Waals surface area contributed by atoms with E-state index in [9.17, 15) is 13.8 Å². The van der Waals surface area contributed by atoms with Crippen LogP contribution >= 0.6 is 7.60 Å². The second kappa shape index (κ2) is 4.66. The van der Waals surface area contributed by atoms with Gasteiger partial charge in [-0.25, -0.2) is 14.2 Å². The molecule has 0 aliphatic rings. The third-order valence-electron chi connectivity index (χ3n) is 3.00. The van der Waals surface area contributed by atoms with E-state index in [2.05, 4.69) is 4.98 Å². The van der Waals surface area contributed by atoms with E-state index < -0.39 is 25.4 Å². The van der Waals surface area contributed by atoms with Gasteiger partial charge < -0.3 is 19.3 Å². The van der Waals surface area contributed by atoms with E-state index in [-0.39, 0.29) is 5.69 Å². The summed E-state index contributed by atoms with van der Waals surface area (Å²) >= 11 is 0. The van der Waals surface area contributed by atoms with Crippen molar-refractivity contribution in [3.8, 4) is 0 Å². The van der Waals surface area contributed by atoms with Crippen molar-refractivity contribution < 1.29 is 28.6 Å². The first kappa shape index (κ1) is 14.6. The number of halogens is 1. The van der Waals surface area contributed by atoms with Gasteiger partial charge >= 0.3 is 19.0 Å². The van der Waals surface area contributed by atoms with Crippen LogP contribution in [0, 0.1) is 6.92 Å². The summed E-state index contributed by atoms with van der Waals surface area (Å²) in [5.41, 5.74) is 1.17. The quantitative estimate of drug-likeness (QED) is 0.729. The van der Waals surface area contributed by atoms with Crippen LogP contribution in [0.2, 0.25) is 0 Å². The second-order valence-electron chi connectivity index (χ2n) is 4.40. The number of alkyl halides is 1. The summed E-state index contributed by atoms with van der Waals surface area (Å²) < 4.78 is 26.8. The normalized spacial score (nSPS) is 15.2. The summed E-state index contributed by atoms with van der Waals surface area (Å²) in [5.74, 6) is -2.20. The van der Waals surface area contributed by atoms with Crippen molar-refractivity contribution in [1.82, 2.24) is 9.38 Å². The Bertz CT molecular complexity index is 725. The molecule has 7 nitrogen and oxygen atoms in total. The minimum absolute atomic E-state index is 0.0753. The highest BCUT2D eigenvalue weighted by molar-refractivity contribution is 7.54. The minimum atomic E-state index is -5.49. The lowest BCUT2D eigenvalue weighted by molar-refractivity contribution is -0.146. The zero-order valence-electron chi connectivity index (χ0n) is 10.4. The highest BCUT2D eigenvalue weighted by Gasteiger charge is 2.55. The molecular formula is C11H12FN2O5P. The smallest absolute Gasteiger partial charge is 0.374 e. The molecule has 1 unspecified atom stereocenters. The Morgan fingerprint density at radius 1 is 1.50 bits per heavy atom. The lowest BCUT2D eigenvalue weighted by Crippen LogP contribution is -2.36. The van der Waals surface area contributed by atoms with E-state index in [0.717, 1.165) is 0 Å². The number of hydrogen-bond acceptors (Lipinski definition) is 3. The molecule has 0 aliphatic carbocycles. The maximum absolute atomic E-state index is 14.2. The van der Waals surface area contributed by atoms with Crippen LogP contribution in [-0.4, -0.2) is 35.7 Å². The fourth-order valence-corrected chi connectivity index (χ4v) is 2.56. The molecule has 2 aromatic heterocycles. The second-order valence-corrected chi connectivity index (χ2v) is 6.19. The number of rotatable bonds is 4. The third-order valence-corrected chi connectivity index (χ3v) is 4.28. The van der Waals surface area contributed by atoms with Crippen molar-refractivity contribution in [2.45, 2.75) is 18.8 Å². The monoisotopic (exact) mass is 302 g/mol. The van der Waals surface area contributed by atoms with E-state index in [0.29, 0.717) is 11.3 Å². The van der Waals surface area contributed by atoms with Gasteiger partial charge in [-0.1, -0.05) is 6.07 Å². The summed E-state index contributed by atoms with van der Waals surface area (Å²) in [6.45, 7) is 1.69. The maximum atomic E-state index is 14.2. The van der Waals surface area contributed by atoms with Crippen LogP contribution in [-0.2, 0) is 15.8 Å². The van der Waals surface area contributed by atoms with Gasteiger partial charge in [0.1, 0.15) is 5.65 Å². The van der Waals surface area contributed by atoms with Gasteiger partial charge in [0, 0.05) is 24.0 Å². The Morgan fingerprint density at radius 3 is 2.70 bits per heavy atom. The van der Waals surface area contributed by atoms with Crippen LogP contribution in [0.5, 0.6) is 0 Å². The van der Waals surface area contributed by atoms with Gasteiger partial charge in [-0.2, -0.15) is 0 Å². The van der Waals surface area contributed by atoms with Crippen LogP contribution in [0.4, 0.5) is 4.39 Å². The summed E-state index contributed by atoms with van der Waals surface area (Å²) in [4.78, 5) is 32.8. The van der Waals surface area contributed by atoms with Crippen LogP contribution in [0.3, 0.4) is 0 Å². The number of carbonyl (C=O) groups is 1. The average molecular weight is 302 g/mol. The molecule has 0 saturated carbocycles. The van der Waals surface area contributed by atoms with Crippen molar-refractivity contribution in [1.29, 1.82) is 0 Å². The van der Waals surface area contributed by atoms with Gasteiger partial charge in [-0.05, 0) is 19.1 Å². The molecule has 0 saturated heterocycles. The van der Waals surface area contributed by atoms with Gasteiger partial charge in [0.15, 0.2) is 0 Å². The molecule has 0 aromatic carbocycles. The molecule has 108 valence electrons. The molecular weight excluding hydrogens is 290 g/mol. The number of carboxylic acid groups (broad SMARTS) is 1. The van der Waals surface area contributed by atoms with Gasteiger partial charge in [0.25, 0.3) is 0 Å². The summed E-state index contributed by atoms with van der Waals surface area (Å²) in [6.07, 6.45) is 0.230. The first-order chi connectivity index (χ1) is 9.17. The van der Waals surface area contributed by atoms with Crippen molar-refractivity contribution in [2.24, 2.45) is 0 Å². The van der Waals surface area contributed by atoms with Crippen LogP contribution in [0.15, 0.2) is 24.4 Å². The summed E-state index contributed by atoms with van der Waals surface area (Å²) in [6, 6.07) is 5.02. The van der Waals surface area contributed by atoms with Crippen LogP contribution in [0.1, 0.15) is 11.4 Å². The molecule has 3 N–H and O–H groups in total. The number of carboxylic acids is 1. The lowest BCUT2D eigenvalue weighted by atomic mass is 10.2. The van der Waals surface area contributed by atoms with Crippen molar-refractivity contribution in [3.05, 3.63) is 35.8 Å². The molecule has 0 amide bonds. The molecule has 20 heavy (non-hydrogen) atoms. The number of aromatic nitrogens is 2. The minimum Gasteiger partial charge on any atom is -0.478 e. The zero-order valence-corrected chi connectivity index (χ0v) is 11.3. The standard InChI is InChI=1S/C11H12FN2O5P/c1-7-3-2-4-9-13-6-8(14(7)9)5-11(12,10(15)16)20(17,18)19/h2-4,6H,5H2,1H3,(H,15,16)(H2,17,18,19). The molecule has 0 spiro atoms. The topological polar surface area (TPSA) is 112 Å². The highest BCUT2D eigenvalue weighted by atomic mass is 31.2. The molecule has 2 aromatic rings. The molecule has 0 aliphatic heterocycles. The highest BCUT2D eigenvalue weighted by Crippen LogP contribution is 2.53. The Hall–Kier alpha value is -1.76. The maximum Gasteiger partial charge on any atom is 0.374 e. The van der Waals surface area contributed by atoms with Crippen molar-refractivity contribution in [3.63, 3.8) is 0 Å². The van der Waals surface area contributed by atoms with Gasteiger partial charge in [-0.15, -0.1) is 0 Å². The van der Waals surface area contributed by atoms with E-state index in [1.807, 2.05) is 0 Å². The van der Waals surface area contributed by atoms with E-state index >= 15 is 0 Å². The summed E-state index contributed by atoms with van der Waals surface area (Å²) in [7, 11) is -5.49. The Labute approximate surface area is 112 Å². The molecule has 2 heterocycles. The Morgan fingerprint density at radius 2 is 2.15 bits per heavy atom. The first-order valence-electron chi connectivity index (χ1n) is 5.57. The van der Waals surface area contributed by atoms with Gasteiger partial charge in [0.2, 0.25) is 0 Å². The van der Waals surface area contributed by atoms with E-state index in [1.165, 1.54) is 10.6 Å². The molecule has 1 atom stereocenters. The van der Waals surface area contributed by atoms with E-state index in [1.54, 1.807) is 25.1 Å². The number of aryl methyl sites for hydroxylation is 1. The predicted molar refractivity (Wildman–Crippen MR) is 67.2 cm³/mol. The zero-order chi connectivity index (χ0) is 15.1. The Kier molecular flexibility index (Phi) is 3.41. The molecule has 9 heteroatoms. The fraction of sp³-hybridized carbons (Fsp3) is 0.273. The lowest BCUT2D eigenvalue weighted by Gasteiger charge is -2.21. The average Bonchev–Trinajstić information content (AvgIpc) is 2.72. The Balaban J connectivity index is 2.56. The fourth-order valence-electron chi connectivity index (χ4n) is 1.94. The van der Waals surface area contributed by atoms with Crippen LogP contribution in [0.25, 0.3) is 5.65 Å². The number of nitrogens with zero attached hydrogens (tertiary/aromatic N) is 2. The first-order valence-corrected chi connectivity index (χ1v) is 7.18. The number of hydrogen-bond donors (Lipinski definition) is 3. The molecule has 0 bridgehead atoms. The summed E-state index contributed by atoms with van der Waals surface area (Å²) in [5, 5.41) is 5.14. The van der Waals surface area contributed by atoms with E-state index in [4.69, 9.17) is 14.9 Å². The number of imidazole rings is 1. The number of pyridine rings is 1. The molecule has 2 rings (SSSR count). The molecule has 0 fully saturated rings. The SMILES string of the molecule is Cc1cccc2ncc(CC(F)(C(=O)O)P(=O)(O)O)n12. The number of aliphatic carboxylic acids is 1. The largest absolute Gasteiger partial charge is 0.478 e. The third kappa shape index (κ3) is 2.22. The van der Waals surface area contributed by atoms with Crippen molar-refractivity contribution >= 4 is 19.2 Å². The molecule has 0 radical (unpaired) electrons. The van der Waals surface area contributed by atoms with Crippen LogP contribution < -0.4 is 0 Å². The van der Waals surface area contributed by atoms with Crippen molar-refractivity contribution in [2.75, 3.05) is 0 Å².